The molecule has 0 saturated heterocycles. The summed E-state index contributed by atoms with van der Waals surface area (Å²) in [5, 5.41) is 0. The van der Waals surface area contributed by atoms with Crippen molar-refractivity contribution in [3.8, 4) is 77.9 Å². The van der Waals surface area contributed by atoms with Gasteiger partial charge in [-0.2, -0.15) is 0 Å². The third kappa shape index (κ3) is 6.00. The van der Waals surface area contributed by atoms with E-state index in [1.165, 1.54) is 111 Å². The molecule has 0 saturated carbocycles. The maximum absolute atomic E-state index is 2.52. The van der Waals surface area contributed by atoms with Gasteiger partial charge in [-0.25, -0.2) is 0 Å². The van der Waals surface area contributed by atoms with E-state index in [9.17, 15) is 0 Å². The molecule has 0 fully saturated rings. The molecule has 0 aliphatic heterocycles. The van der Waals surface area contributed by atoms with E-state index < -0.39 is 5.41 Å². The van der Waals surface area contributed by atoms with Gasteiger partial charge in [0.1, 0.15) is 0 Å². The molecular weight excluding hydrogens is 855 g/mol. The highest BCUT2D eigenvalue weighted by molar-refractivity contribution is 6.03. The zero-order chi connectivity index (χ0) is 47.3. The van der Waals surface area contributed by atoms with Crippen molar-refractivity contribution in [2.45, 2.75) is 24.7 Å². The van der Waals surface area contributed by atoms with Gasteiger partial charge in [-0.05, 0) is 136 Å². The molecule has 11 aromatic carbocycles. The van der Waals surface area contributed by atoms with Crippen LogP contribution in [0.5, 0.6) is 0 Å². The third-order valence-electron chi connectivity index (χ3n) is 15.9. The minimum absolute atomic E-state index is 0.0810. The predicted octanol–water partition coefficient (Wildman–Crippen LogP) is 18.5. The second-order valence-corrected chi connectivity index (χ2v) is 19.9. The summed E-state index contributed by atoms with van der Waals surface area (Å²) in [7, 11) is 0. The van der Waals surface area contributed by atoms with E-state index in [0.717, 1.165) is 17.1 Å². The van der Waals surface area contributed by atoms with Crippen LogP contribution in [0.1, 0.15) is 47.2 Å². The predicted molar refractivity (Wildman–Crippen MR) is 297 cm³/mol. The highest BCUT2D eigenvalue weighted by Crippen LogP contribution is 2.63. The van der Waals surface area contributed by atoms with Crippen molar-refractivity contribution in [2.24, 2.45) is 0 Å². The average Bonchev–Trinajstić information content (AvgIpc) is 4.01. The molecule has 0 atom stereocenters. The molecule has 3 aliphatic rings. The lowest BCUT2D eigenvalue weighted by Gasteiger charge is -2.32. The summed E-state index contributed by atoms with van der Waals surface area (Å²) < 4.78 is 0. The van der Waals surface area contributed by atoms with E-state index in [1.54, 1.807) is 0 Å². The van der Waals surface area contributed by atoms with E-state index in [4.69, 9.17) is 0 Å². The standard InChI is InChI=1S/C70H49N/c1-69(2)60-33-15-14-30-58(60)67-52(31-19-37-65(67)69)48-39-41-49(42-40-48)71(66-38-20-32-53(47-23-7-4-8-24-47)68(66)57-29-10-9-25-51(57)46-21-5-3-6-22-46)50-43-44-64-59(45-50)56-28-13-18-36-63(56)70(64)61-34-16-11-26-54(61)55-27-12-17-35-62(55)70/h3-45H,1-2H3. The van der Waals surface area contributed by atoms with E-state index in [1.807, 2.05) is 0 Å². The Balaban J connectivity index is 1.02. The molecule has 71 heavy (non-hydrogen) atoms. The highest BCUT2D eigenvalue weighted by atomic mass is 15.1. The molecule has 0 bridgehead atoms. The smallest absolute Gasteiger partial charge is 0.0725 e. The Labute approximate surface area is 416 Å². The van der Waals surface area contributed by atoms with Crippen molar-refractivity contribution in [2.75, 3.05) is 4.90 Å². The Morgan fingerprint density at radius 1 is 0.254 bits per heavy atom. The molecule has 3 aliphatic carbocycles. The van der Waals surface area contributed by atoms with Crippen LogP contribution in [0.15, 0.2) is 261 Å². The largest absolute Gasteiger partial charge is 0.310 e. The topological polar surface area (TPSA) is 3.24 Å². The van der Waals surface area contributed by atoms with Gasteiger partial charge in [0.2, 0.25) is 0 Å². The number of anilines is 3. The fourth-order valence-electron chi connectivity index (χ4n) is 12.9. The molecule has 0 heterocycles. The molecule has 1 spiro atoms. The molecule has 1 nitrogen and oxygen atoms in total. The van der Waals surface area contributed by atoms with Gasteiger partial charge in [0.25, 0.3) is 0 Å². The Morgan fingerprint density at radius 2 is 0.662 bits per heavy atom. The van der Waals surface area contributed by atoms with Crippen LogP contribution in [0.4, 0.5) is 17.1 Å². The van der Waals surface area contributed by atoms with Crippen LogP contribution < -0.4 is 4.90 Å². The SMILES string of the molecule is CC1(C)c2ccccc2-c2c(-c3ccc(N(c4ccc5c(c4)-c4ccccc4C54c5ccccc5-c5ccccc54)c4cccc(-c5ccccc5)c4-c4ccccc4-c4ccccc4)cc3)cccc21. The second kappa shape index (κ2) is 15.9. The van der Waals surface area contributed by atoms with Crippen molar-refractivity contribution in [3.63, 3.8) is 0 Å². The van der Waals surface area contributed by atoms with Gasteiger partial charge in [-0.1, -0.05) is 244 Å². The first-order valence-electron chi connectivity index (χ1n) is 24.9. The summed E-state index contributed by atoms with van der Waals surface area (Å²) >= 11 is 0. The van der Waals surface area contributed by atoms with Gasteiger partial charge >= 0.3 is 0 Å². The fourth-order valence-corrected chi connectivity index (χ4v) is 12.9. The van der Waals surface area contributed by atoms with Gasteiger partial charge in [0.15, 0.2) is 0 Å². The van der Waals surface area contributed by atoms with Crippen molar-refractivity contribution >= 4 is 17.1 Å². The van der Waals surface area contributed by atoms with Crippen LogP contribution in [-0.4, -0.2) is 0 Å². The maximum atomic E-state index is 2.52. The monoisotopic (exact) mass is 903 g/mol. The van der Waals surface area contributed by atoms with Crippen molar-refractivity contribution < 1.29 is 0 Å². The summed E-state index contributed by atoms with van der Waals surface area (Å²) in [6.07, 6.45) is 0. The lowest BCUT2D eigenvalue weighted by atomic mass is 9.70. The van der Waals surface area contributed by atoms with Crippen molar-refractivity contribution in [1.29, 1.82) is 0 Å². The van der Waals surface area contributed by atoms with E-state index in [-0.39, 0.29) is 5.41 Å². The lowest BCUT2D eigenvalue weighted by molar-refractivity contribution is 0.660. The van der Waals surface area contributed by atoms with Crippen LogP contribution >= 0.6 is 0 Å². The number of rotatable bonds is 7. The number of benzene rings is 11. The molecule has 0 N–H and O–H groups in total. The normalized spacial score (nSPS) is 13.7. The fraction of sp³-hybridized carbons (Fsp3) is 0.0571. The van der Waals surface area contributed by atoms with E-state index in [0.29, 0.717) is 0 Å². The van der Waals surface area contributed by atoms with Crippen molar-refractivity contribution in [1.82, 2.24) is 0 Å². The first kappa shape index (κ1) is 41.2. The molecular formula is C70H49N. The molecule has 11 aromatic rings. The molecule has 0 radical (unpaired) electrons. The van der Waals surface area contributed by atoms with Crippen LogP contribution in [0, 0.1) is 0 Å². The highest BCUT2D eigenvalue weighted by Gasteiger charge is 2.51. The zero-order valence-corrected chi connectivity index (χ0v) is 39.8. The summed E-state index contributed by atoms with van der Waals surface area (Å²) in [5.74, 6) is 0. The van der Waals surface area contributed by atoms with Crippen LogP contribution in [0.3, 0.4) is 0 Å². The van der Waals surface area contributed by atoms with Gasteiger partial charge in [-0.3, -0.25) is 0 Å². The minimum atomic E-state index is -0.430. The minimum Gasteiger partial charge on any atom is -0.310 e. The summed E-state index contributed by atoms with van der Waals surface area (Å²) in [5.41, 5.74) is 28.3. The molecule has 14 rings (SSSR count). The molecule has 0 amide bonds. The number of hydrogen-bond acceptors (Lipinski definition) is 1. The number of nitrogens with zero attached hydrogens (tertiary/aromatic N) is 1. The first-order chi connectivity index (χ1) is 35.0. The quantitative estimate of drug-likeness (QED) is 0.154. The maximum Gasteiger partial charge on any atom is 0.0725 e. The third-order valence-corrected chi connectivity index (χ3v) is 15.9. The Morgan fingerprint density at radius 3 is 1.28 bits per heavy atom. The Hall–Kier alpha value is -8.78. The molecule has 0 aromatic heterocycles. The second-order valence-electron chi connectivity index (χ2n) is 19.9. The average molecular weight is 904 g/mol. The zero-order valence-electron chi connectivity index (χ0n) is 39.8. The van der Waals surface area contributed by atoms with Crippen LogP contribution in [-0.2, 0) is 10.8 Å². The Kier molecular flexibility index (Phi) is 9.22. The Bertz CT molecular complexity index is 3850. The van der Waals surface area contributed by atoms with Crippen LogP contribution in [0.2, 0.25) is 0 Å². The van der Waals surface area contributed by atoms with Gasteiger partial charge < -0.3 is 4.90 Å². The molecule has 1 heteroatoms. The van der Waals surface area contributed by atoms with E-state index >= 15 is 0 Å². The van der Waals surface area contributed by atoms with Crippen molar-refractivity contribution in [3.05, 3.63) is 294 Å². The van der Waals surface area contributed by atoms with Gasteiger partial charge in [0, 0.05) is 22.4 Å². The van der Waals surface area contributed by atoms with E-state index in [2.05, 4.69) is 280 Å². The molecule has 0 unspecified atom stereocenters. The summed E-state index contributed by atoms with van der Waals surface area (Å²) in [6.45, 7) is 4.72. The lowest BCUT2D eigenvalue weighted by Crippen LogP contribution is -2.25. The summed E-state index contributed by atoms with van der Waals surface area (Å²) in [6, 6.07) is 97.3. The number of hydrogen-bond donors (Lipinski definition) is 0. The molecule has 334 valence electrons. The first-order valence-corrected chi connectivity index (χ1v) is 24.9. The van der Waals surface area contributed by atoms with Gasteiger partial charge in [0.05, 0.1) is 11.1 Å². The van der Waals surface area contributed by atoms with Gasteiger partial charge in [-0.15, -0.1) is 0 Å². The number of fused-ring (bicyclic) bond motifs is 13. The van der Waals surface area contributed by atoms with Crippen LogP contribution in [0.25, 0.3) is 77.9 Å². The summed E-state index contributed by atoms with van der Waals surface area (Å²) in [4.78, 5) is 2.52.